The van der Waals surface area contributed by atoms with Crippen LogP contribution in [0.2, 0.25) is 0 Å². The van der Waals surface area contributed by atoms with Gasteiger partial charge in [0.2, 0.25) is 0 Å². The van der Waals surface area contributed by atoms with Gasteiger partial charge < -0.3 is 0 Å². The zero-order valence-electron chi connectivity index (χ0n) is 9.40. The van der Waals surface area contributed by atoms with Gasteiger partial charge in [-0.3, -0.25) is 0 Å². The fourth-order valence-electron chi connectivity index (χ4n) is 1.61. The van der Waals surface area contributed by atoms with Crippen LogP contribution in [0, 0.1) is 0 Å². The Kier molecular flexibility index (Phi) is 13.3. The Morgan fingerprint density at radius 2 is 1.29 bits per heavy atom. The molecule has 0 rings (SSSR count). The van der Waals surface area contributed by atoms with Crippen molar-refractivity contribution < 1.29 is 0 Å². The van der Waals surface area contributed by atoms with Crippen molar-refractivity contribution >= 4 is 38.5 Å². The van der Waals surface area contributed by atoms with Crippen molar-refractivity contribution in [3.8, 4) is 0 Å². The van der Waals surface area contributed by atoms with E-state index in [-0.39, 0.29) is 0 Å². The molecule has 0 radical (unpaired) electrons. The van der Waals surface area contributed by atoms with Gasteiger partial charge in [-0.2, -0.15) is 0 Å². The van der Waals surface area contributed by atoms with Crippen molar-refractivity contribution in [1.82, 2.24) is 0 Å². The summed E-state index contributed by atoms with van der Waals surface area (Å²) in [5.41, 5.74) is 0. The average molecular weight is 375 g/mol. The lowest BCUT2D eigenvalue weighted by molar-refractivity contribution is 0.562. The van der Waals surface area contributed by atoms with Crippen LogP contribution in [0.15, 0.2) is 0 Å². The molecule has 0 amide bonds. The molecule has 0 aliphatic carbocycles. The summed E-state index contributed by atoms with van der Waals surface area (Å²) in [6.07, 6.45) is 14.2. The van der Waals surface area contributed by atoms with Gasteiger partial charge >= 0.3 is 0 Å². The van der Waals surface area contributed by atoms with E-state index >= 15 is 0 Å². The molecule has 0 aromatic carbocycles. The standard InChI is InChI=1S/C12H24BrI/c1-2-3-4-5-6-7-8-9-10-11-12(13)14/h12H,2-11H2,1H3. The maximum atomic E-state index is 3.57. The molecular weight excluding hydrogens is 351 g/mol. The van der Waals surface area contributed by atoms with Crippen molar-refractivity contribution in [2.75, 3.05) is 0 Å². The molecule has 0 aromatic rings. The summed E-state index contributed by atoms with van der Waals surface area (Å²) < 4.78 is 0.685. The van der Waals surface area contributed by atoms with Crippen LogP contribution in [0.4, 0.5) is 0 Å². The largest absolute Gasteiger partial charge is 0.0775 e. The molecule has 0 bridgehead atoms. The number of unbranched alkanes of at least 4 members (excludes halogenated alkanes) is 8. The second-order valence-electron chi connectivity index (χ2n) is 4.01. The minimum atomic E-state index is 0.685. The molecule has 0 aliphatic heterocycles. The van der Waals surface area contributed by atoms with Crippen molar-refractivity contribution in [1.29, 1.82) is 0 Å². The molecule has 1 atom stereocenters. The number of hydrogen-bond acceptors (Lipinski definition) is 0. The van der Waals surface area contributed by atoms with Gasteiger partial charge in [0.05, 0.1) is 2.83 Å². The quantitative estimate of drug-likeness (QED) is 0.247. The van der Waals surface area contributed by atoms with Gasteiger partial charge in [-0.25, -0.2) is 0 Å². The number of hydrogen-bond donors (Lipinski definition) is 0. The minimum absolute atomic E-state index is 0.685. The maximum absolute atomic E-state index is 3.57. The summed E-state index contributed by atoms with van der Waals surface area (Å²) in [5, 5.41) is 0. The smallest absolute Gasteiger partial charge is 0.0662 e. The van der Waals surface area contributed by atoms with Gasteiger partial charge in [0.1, 0.15) is 0 Å². The Bertz CT molecular complexity index is 104. The van der Waals surface area contributed by atoms with E-state index in [2.05, 4.69) is 45.4 Å². The van der Waals surface area contributed by atoms with Gasteiger partial charge in [-0.15, -0.1) is 0 Å². The van der Waals surface area contributed by atoms with Crippen molar-refractivity contribution in [3.63, 3.8) is 0 Å². The zero-order chi connectivity index (χ0) is 10.6. The van der Waals surface area contributed by atoms with E-state index in [0.29, 0.717) is 2.83 Å². The molecule has 0 spiro atoms. The first-order valence-electron chi connectivity index (χ1n) is 6.05. The van der Waals surface area contributed by atoms with Crippen LogP contribution < -0.4 is 0 Å². The van der Waals surface area contributed by atoms with Crippen LogP contribution >= 0.6 is 38.5 Å². The fraction of sp³-hybridized carbons (Fsp3) is 1.00. The lowest BCUT2D eigenvalue weighted by Gasteiger charge is -2.02. The van der Waals surface area contributed by atoms with E-state index in [1.165, 1.54) is 64.2 Å². The normalized spacial score (nSPS) is 13.1. The molecule has 0 saturated carbocycles. The average Bonchev–Trinajstić information content (AvgIpc) is 2.15. The Morgan fingerprint density at radius 3 is 1.71 bits per heavy atom. The first kappa shape index (κ1) is 15.2. The van der Waals surface area contributed by atoms with Crippen LogP contribution in [-0.2, 0) is 0 Å². The Morgan fingerprint density at radius 1 is 0.857 bits per heavy atom. The molecular formula is C12H24BrI. The lowest BCUT2D eigenvalue weighted by atomic mass is 10.1. The van der Waals surface area contributed by atoms with Gasteiger partial charge in [0, 0.05) is 0 Å². The molecule has 2 heteroatoms. The molecule has 0 aromatic heterocycles. The van der Waals surface area contributed by atoms with Crippen LogP contribution in [0.1, 0.15) is 71.1 Å². The summed E-state index contributed by atoms with van der Waals surface area (Å²) in [6.45, 7) is 2.28. The number of halogens is 2. The highest BCUT2D eigenvalue weighted by Crippen LogP contribution is 2.18. The predicted molar refractivity (Wildman–Crippen MR) is 78.6 cm³/mol. The highest BCUT2D eigenvalue weighted by atomic mass is 127. The molecule has 1 unspecified atom stereocenters. The fourth-order valence-corrected chi connectivity index (χ4v) is 2.37. The van der Waals surface area contributed by atoms with Crippen LogP contribution in [-0.4, -0.2) is 2.83 Å². The maximum Gasteiger partial charge on any atom is 0.0662 e. The SMILES string of the molecule is CCCCCCCCCCCC(Br)I. The Balaban J connectivity index is 2.85. The Labute approximate surface area is 112 Å². The molecule has 0 fully saturated rings. The number of rotatable bonds is 10. The first-order valence-corrected chi connectivity index (χ1v) is 8.21. The Hall–Kier alpha value is 1.21. The molecule has 0 heterocycles. The van der Waals surface area contributed by atoms with Crippen molar-refractivity contribution in [2.24, 2.45) is 0 Å². The first-order chi connectivity index (χ1) is 6.77. The molecule has 0 aliphatic rings. The van der Waals surface area contributed by atoms with Gasteiger partial charge in [-0.1, -0.05) is 103 Å². The monoisotopic (exact) mass is 374 g/mol. The van der Waals surface area contributed by atoms with Crippen LogP contribution in [0.5, 0.6) is 0 Å². The minimum Gasteiger partial charge on any atom is -0.0775 e. The van der Waals surface area contributed by atoms with Gasteiger partial charge in [0.15, 0.2) is 0 Å². The molecule has 0 N–H and O–H groups in total. The van der Waals surface area contributed by atoms with Gasteiger partial charge in [0.25, 0.3) is 0 Å². The zero-order valence-corrected chi connectivity index (χ0v) is 13.1. The highest BCUT2D eigenvalue weighted by molar-refractivity contribution is 14.1. The van der Waals surface area contributed by atoms with E-state index in [9.17, 15) is 0 Å². The van der Waals surface area contributed by atoms with E-state index in [0.717, 1.165) is 0 Å². The predicted octanol–water partition coefficient (Wildman–Crippen LogP) is 6.06. The van der Waals surface area contributed by atoms with Crippen molar-refractivity contribution in [2.45, 2.75) is 74.0 Å². The highest BCUT2D eigenvalue weighted by Gasteiger charge is 1.96. The summed E-state index contributed by atoms with van der Waals surface area (Å²) >= 11 is 6.01. The third-order valence-corrected chi connectivity index (χ3v) is 3.61. The van der Waals surface area contributed by atoms with Crippen LogP contribution in [0.25, 0.3) is 0 Å². The van der Waals surface area contributed by atoms with E-state index in [1.807, 2.05) is 0 Å². The van der Waals surface area contributed by atoms with Gasteiger partial charge in [-0.05, 0) is 6.42 Å². The number of alkyl halides is 2. The van der Waals surface area contributed by atoms with Crippen molar-refractivity contribution in [3.05, 3.63) is 0 Å². The summed E-state index contributed by atoms with van der Waals surface area (Å²) in [5.74, 6) is 0. The summed E-state index contributed by atoms with van der Waals surface area (Å²) in [6, 6.07) is 0. The second kappa shape index (κ2) is 12.3. The van der Waals surface area contributed by atoms with E-state index in [1.54, 1.807) is 0 Å². The molecule has 14 heavy (non-hydrogen) atoms. The van der Waals surface area contributed by atoms with Crippen LogP contribution in [0.3, 0.4) is 0 Å². The molecule has 0 saturated heterocycles. The molecule has 0 nitrogen and oxygen atoms in total. The third-order valence-electron chi connectivity index (χ3n) is 2.53. The topological polar surface area (TPSA) is 0 Å². The summed E-state index contributed by atoms with van der Waals surface area (Å²) in [7, 11) is 0. The lowest BCUT2D eigenvalue weighted by Crippen LogP contribution is -1.86. The molecule has 86 valence electrons. The van der Waals surface area contributed by atoms with E-state index < -0.39 is 0 Å². The third kappa shape index (κ3) is 13.2. The summed E-state index contributed by atoms with van der Waals surface area (Å²) in [4.78, 5) is 0. The van der Waals surface area contributed by atoms with E-state index in [4.69, 9.17) is 0 Å². The second-order valence-corrected chi connectivity index (χ2v) is 8.33.